The van der Waals surface area contributed by atoms with E-state index in [4.69, 9.17) is 9.72 Å². The average molecular weight is 441 g/mol. The summed E-state index contributed by atoms with van der Waals surface area (Å²) in [6.07, 6.45) is 7.75. The molecule has 0 bridgehead atoms. The fourth-order valence-electron chi connectivity index (χ4n) is 3.79. The lowest BCUT2D eigenvalue weighted by Gasteiger charge is -2.12. The molecule has 2 aromatic carbocycles. The number of amides is 1. The van der Waals surface area contributed by atoms with Crippen LogP contribution >= 0.6 is 0 Å². The average Bonchev–Trinajstić information content (AvgIpc) is 3.21. The second-order valence-corrected chi connectivity index (χ2v) is 7.75. The maximum atomic E-state index is 12.4. The molecule has 4 rings (SSSR count). The van der Waals surface area contributed by atoms with Crippen LogP contribution < -0.4 is 10.1 Å². The number of hydrogen-bond acceptors (Lipinski definition) is 4. The van der Waals surface area contributed by atoms with E-state index in [0.29, 0.717) is 18.7 Å². The Morgan fingerprint density at radius 1 is 1.06 bits per heavy atom. The molecule has 0 atom stereocenters. The molecule has 33 heavy (non-hydrogen) atoms. The van der Waals surface area contributed by atoms with Crippen molar-refractivity contribution in [1.29, 1.82) is 0 Å². The molecule has 0 saturated heterocycles. The van der Waals surface area contributed by atoms with Crippen molar-refractivity contribution < 1.29 is 9.53 Å². The van der Waals surface area contributed by atoms with Gasteiger partial charge in [0.1, 0.15) is 11.6 Å². The minimum absolute atomic E-state index is 0.159. The molecular formula is C27H28N4O2. The van der Waals surface area contributed by atoms with Gasteiger partial charge >= 0.3 is 0 Å². The molecule has 2 aromatic heterocycles. The number of carbonyl (C=O) groups excluding carboxylic acids is 1. The highest BCUT2D eigenvalue weighted by Gasteiger charge is 2.12. The first-order chi connectivity index (χ1) is 16.3. The highest BCUT2D eigenvalue weighted by atomic mass is 16.5. The monoisotopic (exact) mass is 440 g/mol. The molecular weight excluding hydrogens is 412 g/mol. The molecule has 2 heterocycles. The van der Waals surface area contributed by atoms with Crippen LogP contribution in [0.5, 0.6) is 5.75 Å². The second kappa shape index (κ2) is 11.1. The van der Waals surface area contributed by atoms with Gasteiger partial charge in [-0.05, 0) is 55.2 Å². The van der Waals surface area contributed by atoms with Crippen LogP contribution in [-0.4, -0.2) is 27.0 Å². The van der Waals surface area contributed by atoms with Crippen molar-refractivity contribution in [2.24, 2.45) is 0 Å². The zero-order valence-corrected chi connectivity index (χ0v) is 18.6. The predicted molar refractivity (Wildman–Crippen MR) is 130 cm³/mol. The lowest BCUT2D eigenvalue weighted by molar-refractivity contribution is 0.0949. The van der Waals surface area contributed by atoms with Gasteiger partial charge in [0.2, 0.25) is 0 Å². The van der Waals surface area contributed by atoms with Crippen LogP contribution in [0.1, 0.15) is 34.6 Å². The van der Waals surface area contributed by atoms with Crippen molar-refractivity contribution in [1.82, 2.24) is 19.9 Å². The number of rotatable bonds is 11. The summed E-state index contributed by atoms with van der Waals surface area (Å²) in [6, 6.07) is 19.6. The molecule has 0 aliphatic carbocycles. The zero-order valence-electron chi connectivity index (χ0n) is 18.6. The van der Waals surface area contributed by atoms with E-state index < -0.39 is 0 Å². The van der Waals surface area contributed by atoms with Gasteiger partial charge in [-0.15, -0.1) is 6.58 Å². The number of unbranched alkanes of at least 4 members (excludes halogenated alkanes) is 1. The Labute approximate surface area is 194 Å². The molecule has 0 unspecified atom stereocenters. The third-order valence-corrected chi connectivity index (χ3v) is 5.43. The van der Waals surface area contributed by atoms with Crippen molar-refractivity contribution in [2.75, 3.05) is 6.61 Å². The largest absolute Gasteiger partial charge is 0.493 e. The van der Waals surface area contributed by atoms with Gasteiger partial charge in [-0.25, -0.2) is 4.98 Å². The van der Waals surface area contributed by atoms with Crippen molar-refractivity contribution in [3.63, 3.8) is 0 Å². The summed E-state index contributed by atoms with van der Waals surface area (Å²) in [5.74, 6) is 1.60. The number of ether oxygens (including phenoxy) is 1. The summed E-state index contributed by atoms with van der Waals surface area (Å²) in [6.45, 7) is 5.62. The van der Waals surface area contributed by atoms with E-state index in [1.807, 2.05) is 42.5 Å². The number of hydrogen-bond donors (Lipinski definition) is 1. The van der Waals surface area contributed by atoms with Gasteiger partial charge in [-0.1, -0.05) is 36.4 Å². The Morgan fingerprint density at radius 3 is 2.76 bits per heavy atom. The minimum Gasteiger partial charge on any atom is -0.493 e. The number of nitrogens with one attached hydrogen (secondary N) is 1. The molecule has 4 aromatic rings. The van der Waals surface area contributed by atoms with Crippen molar-refractivity contribution in [3.05, 3.63) is 103 Å². The standard InChI is InChI=1S/C27H28N4O2/c1-2-10-21-11-3-6-15-25(21)33-18-8-7-17-31-24-14-5-4-13-23(24)30-26(31)20-29-27(32)22-12-9-16-28-19-22/h2-6,9,11-16,19H,1,7-8,10,17-18,20H2,(H,29,32). The Balaban J connectivity index is 1.37. The number of nitrogens with zero attached hydrogens (tertiary/aromatic N) is 3. The SMILES string of the molecule is C=CCc1ccccc1OCCCCn1c(CNC(=O)c2cccnc2)nc2ccccc21. The molecule has 0 fully saturated rings. The number of carbonyl (C=O) groups is 1. The van der Waals surface area contributed by atoms with Gasteiger partial charge in [0.05, 0.1) is 29.7 Å². The molecule has 1 amide bonds. The molecule has 6 nitrogen and oxygen atoms in total. The third-order valence-electron chi connectivity index (χ3n) is 5.43. The van der Waals surface area contributed by atoms with Gasteiger partial charge in [0.25, 0.3) is 5.91 Å². The quantitative estimate of drug-likeness (QED) is 0.265. The van der Waals surface area contributed by atoms with Crippen LogP contribution in [0.4, 0.5) is 0 Å². The molecule has 0 aliphatic rings. The van der Waals surface area contributed by atoms with Crippen LogP contribution in [0.3, 0.4) is 0 Å². The molecule has 1 N–H and O–H groups in total. The maximum absolute atomic E-state index is 12.4. The number of aromatic nitrogens is 3. The molecule has 0 saturated carbocycles. The van der Waals surface area contributed by atoms with E-state index >= 15 is 0 Å². The van der Waals surface area contributed by atoms with Crippen LogP contribution in [0, 0.1) is 0 Å². The number of imidazole rings is 1. The summed E-state index contributed by atoms with van der Waals surface area (Å²) < 4.78 is 8.20. The summed E-state index contributed by atoms with van der Waals surface area (Å²) in [5.41, 5.74) is 3.69. The lowest BCUT2D eigenvalue weighted by Crippen LogP contribution is -2.25. The van der Waals surface area contributed by atoms with Gasteiger partial charge in [-0.2, -0.15) is 0 Å². The van der Waals surface area contributed by atoms with E-state index in [1.165, 1.54) is 0 Å². The maximum Gasteiger partial charge on any atom is 0.253 e. The van der Waals surface area contributed by atoms with Gasteiger partial charge in [0.15, 0.2) is 0 Å². The number of pyridine rings is 1. The number of aryl methyl sites for hydroxylation is 1. The van der Waals surface area contributed by atoms with Crippen LogP contribution in [-0.2, 0) is 19.5 Å². The minimum atomic E-state index is -0.159. The van der Waals surface area contributed by atoms with Crippen molar-refractivity contribution in [3.8, 4) is 5.75 Å². The first-order valence-electron chi connectivity index (χ1n) is 11.2. The molecule has 0 radical (unpaired) electrons. The zero-order chi connectivity index (χ0) is 22.9. The summed E-state index contributed by atoms with van der Waals surface area (Å²) in [4.78, 5) is 21.2. The van der Waals surface area contributed by atoms with Crippen LogP contribution in [0.15, 0.2) is 85.7 Å². The van der Waals surface area contributed by atoms with Gasteiger partial charge in [0, 0.05) is 18.9 Å². The highest BCUT2D eigenvalue weighted by Crippen LogP contribution is 2.20. The first kappa shape index (κ1) is 22.3. The summed E-state index contributed by atoms with van der Waals surface area (Å²) >= 11 is 0. The molecule has 0 aliphatic heterocycles. The highest BCUT2D eigenvalue weighted by molar-refractivity contribution is 5.93. The Bertz CT molecular complexity index is 1220. The molecule has 168 valence electrons. The topological polar surface area (TPSA) is 69.0 Å². The van der Waals surface area contributed by atoms with Crippen LogP contribution in [0.25, 0.3) is 11.0 Å². The number of fused-ring (bicyclic) bond motifs is 1. The van der Waals surface area contributed by atoms with E-state index in [-0.39, 0.29) is 5.91 Å². The summed E-state index contributed by atoms with van der Waals surface area (Å²) in [7, 11) is 0. The van der Waals surface area contributed by atoms with Gasteiger partial charge in [-0.3, -0.25) is 9.78 Å². The number of allylic oxidation sites excluding steroid dienone is 1. The first-order valence-corrected chi connectivity index (χ1v) is 11.2. The third kappa shape index (κ3) is 5.66. The van der Waals surface area contributed by atoms with Crippen molar-refractivity contribution >= 4 is 16.9 Å². The van der Waals surface area contributed by atoms with E-state index in [0.717, 1.165) is 54.0 Å². The fourth-order valence-corrected chi connectivity index (χ4v) is 3.79. The second-order valence-electron chi connectivity index (χ2n) is 7.75. The molecule has 6 heteroatoms. The fraction of sp³-hybridized carbons (Fsp3) is 0.222. The summed E-state index contributed by atoms with van der Waals surface area (Å²) in [5, 5.41) is 2.96. The van der Waals surface area contributed by atoms with Gasteiger partial charge < -0.3 is 14.6 Å². The Kier molecular flexibility index (Phi) is 7.48. The Hall–Kier alpha value is -3.93. The predicted octanol–water partition coefficient (Wildman–Crippen LogP) is 4.95. The van der Waals surface area contributed by atoms with Crippen LogP contribution in [0.2, 0.25) is 0 Å². The number of para-hydroxylation sites is 3. The Morgan fingerprint density at radius 2 is 1.91 bits per heavy atom. The smallest absolute Gasteiger partial charge is 0.253 e. The van der Waals surface area contributed by atoms with Crippen molar-refractivity contribution in [2.45, 2.75) is 32.4 Å². The normalized spacial score (nSPS) is 10.8. The lowest BCUT2D eigenvalue weighted by atomic mass is 10.1. The van der Waals surface area contributed by atoms with E-state index in [2.05, 4.69) is 33.6 Å². The number of benzene rings is 2. The molecule has 0 spiro atoms. The van der Waals surface area contributed by atoms with E-state index in [1.54, 1.807) is 24.5 Å². The van der Waals surface area contributed by atoms with E-state index in [9.17, 15) is 4.79 Å².